The van der Waals surface area contributed by atoms with E-state index in [4.69, 9.17) is 0 Å². The Bertz CT molecular complexity index is 436. The van der Waals surface area contributed by atoms with Crippen LogP contribution in [0.5, 0.6) is 0 Å². The van der Waals surface area contributed by atoms with Crippen molar-refractivity contribution in [3.8, 4) is 0 Å². The van der Waals surface area contributed by atoms with E-state index in [0.717, 1.165) is 12.8 Å². The second-order valence-electron chi connectivity index (χ2n) is 5.79. The number of ketones is 1. The van der Waals surface area contributed by atoms with Crippen molar-refractivity contribution < 1.29 is 4.79 Å². The van der Waals surface area contributed by atoms with E-state index < -0.39 is 5.54 Å². The van der Waals surface area contributed by atoms with Gasteiger partial charge in [-0.2, -0.15) is 0 Å². The van der Waals surface area contributed by atoms with Gasteiger partial charge in [-0.05, 0) is 57.2 Å². The lowest BCUT2D eigenvalue weighted by atomic mass is 9.78. The Morgan fingerprint density at radius 1 is 1.39 bits per heavy atom. The quantitative estimate of drug-likeness (QED) is 0.883. The zero-order valence-corrected chi connectivity index (χ0v) is 11.6. The van der Waals surface area contributed by atoms with Crippen molar-refractivity contribution in [2.45, 2.75) is 51.0 Å². The van der Waals surface area contributed by atoms with Crippen LogP contribution in [0.2, 0.25) is 0 Å². The smallest absolute Gasteiger partial charge is 0.152 e. The van der Waals surface area contributed by atoms with Crippen LogP contribution in [0.3, 0.4) is 0 Å². The molecule has 1 aromatic rings. The molecule has 18 heavy (non-hydrogen) atoms. The second-order valence-corrected chi connectivity index (χ2v) is 5.79. The number of aryl methyl sites for hydroxylation is 1. The summed E-state index contributed by atoms with van der Waals surface area (Å²) in [6, 6.07) is 8.58. The number of hydrogen-bond donors (Lipinski definition) is 1. The van der Waals surface area contributed by atoms with Crippen LogP contribution in [0, 0.1) is 0 Å². The molecule has 1 aromatic carbocycles. The number of hydrogen-bond acceptors (Lipinski definition) is 2. The molecule has 0 saturated carbocycles. The molecule has 0 bridgehead atoms. The zero-order chi connectivity index (χ0) is 13.2. The standard InChI is InChI=1S/C16H23NO/c1-16(2,17-3)15(18)11-13-9-6-8-12-7-4-5-10-14(12)13/h4-5,7,10,13,17H,6,8-9,11H2,1-3H3. The third-order valence-corrected chi connectivity index (χ3v) is 4.25. The Morgan fingerprint density at radius 2 is 2.11 bits per heavy atom. The normalized spacial score (nSPS) is 19.4. The molecule has 1 atom stereocenters. The van der Waals surface area contributed by atoms with E-state index >= 15 is 0 Å². The van der Waals surface area contributed by atoms with E-state index in [0.29, 0.717) is 18.1 Å². The summed E-state index contributed by atoms with van der Waals surface area (Å²) in [5.74, 6) is 0.724. The minimum Gasteiger partial charge on any atom is -0.308 e. The molecule has 1 aliphatic rings. The number of fused-ring (bicyclic) bond motifs is 1. The van der Waals surface area contributed by atoms with Crippen LogP contribution in [0.25, 0.3) is 0 Å². The Morgan fingerprint density at radius 3 is 2.83 bits per heavy atom. The van der Waals surface area contributed by atoms with Gasteiger partial charge in [0, 0.05) is 6.42 Å². The number of likely N-dealkylation sites (N-methyl/N-ethyl adjacent to an activating group) is 1. The first-order valence-electron chi connectivity index (χ1n) is 6.84. The van der Waals surface area contributed by atoms with Gasteiger partial charge in [-0.1, -0.05) is 24.3 Å². The number of carbonyl (C=O) groups is 1. The molecule has 2 rings (SSSR count). The molecule has 0 aromatic heterocycles. The molecule has 1 N–H and O–H groups in total. The molecule has 98 valence electrons. The van der Waals surface area contributed by atoms with Crippen molar-refractivity contribution in [1.82, 2.24) is 5.32 Å². The van der Waals surface area contributed by atoms with Crippen LogP contribution in [-0.4, -0.2) is 18.4 Å². The van der Waals surface area contributed by atoms with Crippen molar-refractivity contribution in [1.29, 1.82) is 0 Å². The topological polar surface area (TPSA) is 29.1 Å². The van der Waals surface area contributed by atoms with Gasteiger partial charge in [0.2, 0.25) is 0 Å². The molecular weight excluding hydrogens is 222 g/mol. The first-order valence-corrected chi connectivity index (χ1v) is 6.84. The second kappa shape index (κ2) is 5.23. The highest BCUT2D eigenvalue weighted by atomic mass is 16.1. The molecule has 0 aliphatic heterocycles. The van der Waals surface area contributed by atoms with Gasteiger partial charge in [-0.15, -0.1) is 0 Å². The zero-order valence-electron chi connectivity index (χ0n) is 11.6. The largest absolute Gasteiger partial charge is 0.308 e. The van der Waals surface area contributed by atoms with Gasteiger partial charge < -0.3 is 5.32 Å². The number of nitrogens with one attached hydrogen (secondary N) is 1. The summed E-state index contributed by atoms with van der Waals surface area (Å²) < 4.78 is 0. The van der Waals surface area contributed by atoms with Gasteiger partial charge in [0.05, 0.1) is 5.54 Å². The number of rotatable bonds is 4. The van der Waals surface area contributed by atoms with Gasteiger partial charge in [-0.3, -0.25) is 4.79 Å². The summed E-state index contributed by atoms with van der Waals surface area (Å²) in [5, 5.41) is 3.11. The molecule has 0 radical (unpaired) electrons. The van der Waals surface area contributed by atoms with Crippen LogP contribution in [0.4, 0.5) is 0 Å². The molecule has 0 saturated heterocycles. The minimum absolute atomic E-state index is 0.312. The number of benzene rings is 1. The van der Waals surface area contributed by atoms with Crippen LogP contribution >= 0.6 is 0 Å². The summed E-state index contributed by atoms with van der Waals surface area (Å²) >= 11 is 0. The highest BCUT2D eigenvalue weighted by Gasteiger charge is 2.29. The van der Waals surface area contributed by atoms with Crippen molar-refractivity contribution in [2.24, 2.45) is 0 Å². The van der Waals surface area contributed by atoms with Crippen LogP contribution in [0.1, 0.15) is 50.2 Å². The summed E-state index contributed by atoms with van der Waals surface area (Å²) in [6.45, 7) is 3.92. The summed E-state index contributed by atoms with van der Waals surface area (Å²) in [5.41, 5.74) is 2.42. The summed E-state index contributed by atoms with van der Waals surface area (Å²) in [6.07, 6.45) is 4.17. The fraction of sp³-hybridized carbons (Fsp3) is 0.562. The monoisotopic (exact) mass is 245 g/mol. The van der Waals surface area contributed by atoms with Gasteiger partial charge in [0.1, 0.15) is 0 Å². The predicted molar refractivity (Wildman–Crippen MR) is 74.9 cm³/mol. The molecule has 1 unspecified atom stereocenters. The van der Waals surface area contributed by atoms with Crippen LogP contribution in [-0.2, 0) is 11.2 Å². The fourth-order valence-electron chi connectivity index (χ4n) is 2.68. The summed E-state index contributed by atoms with van der Waals surface area (Å²) in [7, 11) is 1.85. The lowest BCUT2D eigenvalue weighted by Gasteiger charge is -2.29. The van der Waals surface area contributed by atoms with E-state index in [-0.39, 0.29) is 0 Å². The van der Waals surface area contributed by atoms with Crippen molar-refractivity contribution >= 4 is 5.78 Å². The van der Waals surface area contributed by atoms with Gasteiger partial charge in [0.15, 0.2) is 5.78 Å². The van der Waals surface area contributed by atoms with Crippen molar-refractivity contribution in [3.63, 3.8) is 0 Å². The van der Waals surface area contributed by atoms with Gasteiger partial charge in [-0.25, -0.2) is 0 Å². The molecule has 0 heterocycles. The molecule has 0 spiro atoms. The fourth-order valence-corrected chi connectivity index (χ4v) is 2.68. The van der Waals surface area contributed by atoms with E-state index in [1.54, 1.807) is 0 Å². The van der Waals surface area contributed by atoms with Gasteiger partial charge >= 0.3 is 0 Å². The third-order valence-electron chi connectivity index (χ3n) is 4.25. The first-order chi connectivity index (χ1) is 8.54. The van der Waals surface area contributed by atoms with Crippen molar-refractivity contribution in [3.05, 3.63) is 35.4 Å². The molecule has 0 fully saturated rings. The van der Waals surface area contributed by atoms with E-state index in [1.165, 1.54) is 17.5 Å². The Kier molecular flexibility index (Phi) is 3.86. The number of Topliss-reactive ketones (excluding diaryl/α,β-unsaturated/α-hetero) is 1. The number of carbonyl (C=O) groups excluding carboxylic acids is 1. The molecule has 0 amide bonds. The molecule has 2 heteroatoms. The third kappa shape index (κ3) is 2.64. The minimum atomic E-state index is -0.410. The van der Waals surface area contributed by atoms with Crippen LogP contribution in [0.15, 0.2) is 24.3 Å². The highest BCUT2D eigenvalue weighted by Crippen LogP contribution is 2.34. The Hall–Kier alpha value is -1.15. The van der Waals surface area contributed by atoms with E-state index in [2.05, 4.69) is 29.6 Å². The SMILES string of the molecule is CNC(C)(C)C(=O)CC1CCCc2ccccc21. The Balaban J connectivity index is 2.15. The van der Waals surface area contributed by atoms with Crippen LogP contribution < -0.4 is 5.32 Å². The predicted octanol–water partition coefficient (Wildman–Crippen LogP) is 3.06. The van der Waals surface area contributed by atoms with Crippen molar-refractivity contribution in [2.75, 3.05) is 7.05 Å². The molecular formula is C16H23NO. The lowest BCUT2D eigenvalue weighted by molar-refractivity contribution is -0.124. The van der Waals surface area contributed by atoms with E-state index in [1.807, 2.05) is 20.9 Å². The van der Waals surface area contributed by atoms with E-state index in [9.17, 15) is 4.79 Å². The highest BCUT2D eigenvalue weighted by molar-refractivity contribution is 5.88. The lowest BCUT2D eigenvalue weighted by Crippen LogP contribution is -2.45. The van der Waals surface area contributed by atoms with Gasteiger partial charge in [0.25, 0.3) is 0 Å². The first kappa shape index (κ1) is 13.3. The molecule has 2 nitrogen and oxygen atoms in total. The Labute approximate surface area is 110 Å². The average Bonchev–Trinajstić information content (AvgIpc) is 2.39. The maximum atomic E-state index is 12.3. The molecule has 1 aliphatic carbocycles. The average molecular weight is 245 g/mol. The maximum Gasteiger partial charge on any atom is 0.152 e. The maximum absolute atomic E-state index is 12.3. The summed E-state index contributed by atoms with van der Waals surface area (Å²) in [4.78, 5) is 12.3.